The third-order valence-corrected chi connectivity index (χ3v) is 6.55. The molecule has 2 aliphatic rings. The van der Waals surface area contributed by atoms with Gasteiger partial charge in [0.25, 0.3) is 0 Å². The molecule has 1 aromatic heterocycles. The predicted molar refractivity (Wildman–Crippen MR) is 124 cm³/mol. The smallest absolute Gasteiger partial charge is 0.203 e. The normalized spacial score (nSPS) is 19.6. The van der Waals surface area contributed by atoms with Crippen molar-refractivity contribution in [3.05, 3.63) is 40.9 Å². The van der Waals surface area contributed by atoms with E-state index in [0.717, 1.165) is 74.7 Å². The molecule has 30 heavy (non-hydrogen) atoms. The van der Waals surface area contributed by atoms with Crippen molar-refractivity contribution in [3.8, 4) is 5.69 Å². The van der Waals surface area contributed by atoms with Crippen LogP contribution in [0.3, 0.4) is 0 Å². The number of para-hydroxylation sites is 1. The summed E-state index contributed by atoms with van der Waals surface area (Å²) in [5.41, 5.74) is 1.11. The summed E-state index contributed by atoms with van der Waals surface area (Å²) < 4.78 is 5.02. The molecule has 0 N–H and O–H groups in total. The topological polar surface area (TPSA) is 32.5 Å². The summed E-state index contributed by atoms with van der Waals surface area (Å²) in [4.78, 5) is 7.58. The van der Waals surface area contributed by atoms with Crippen LogP contribution in [0.1, 0.15) is 38.9 Å². The molecule has 2 aromatic rings. The summed E-state index contributed by atoms with van der Waals surface area (Å²) in [6.45, 7) is 14.2. The van der Waals surface area contributed by atoms with E-state index in [0.29, 0.717) is 0 Å². The van der Waals surface area contributed by atoms with Crippen molar-refractivity contribution >= 4 is 12.2 Å². The van der Waals surface area contributed by atoms with Gasteiger partial charge in [0, 0.05) is 38.4 Å². The zero-order valence-corrected chi connectivity index (χ0v) is 19.4. The van der Waals surface area contributed by atoms with Crippen LogP contribution >= 0.6 is 12.2 Å². The Morgan fingerprint density at radius 1 is 0.867 bits per heavy atom. The molecular weight excluding hydrogens is 392 g/mol. The molecule has 0 unspecified atom stereocenters. The summed E-state index contributed by atoms with van der Waals surface area (Å²) in [5, 5.41) is 5.02. The number of nitrogens with zero attached hydrogens (tertiary/aromatic N) is 6. The summed E-state index contributed by atoms with van der Waals surface area (Å²) >= 11 is 5.92. The van der Waals surface area contributed by atoms with E-state index in [1.54, 1.807) is 0 Å². The third kappa shape index (κ3) is 5.38. The maximum absolute atomic E-state index is 5.92. The molecule has 0 saturated carbocycles. The van der Waals surface area contributed by atoms with E-state index in [9.17, 15) is 0 Å². The highest BCUT2D eigenvalue weighted by Gasteiger charge is 2.21. The summed E-state index contributed by atoms with van der Waals surface area (Å²) in [5.74, 6) is 1.79. The molecule has 0 spiro atoms. The summed E-state index contributed by atoms with van der Waals surface area (Å²) in [7, 11) is 0. The molecule has 6 nitrogen and oxygen atoms in total. The van der Waals surface area contributed by atoms with Gasteiger partial charge in [-0.3, -0.25) is 14.4 Å². The van der Waals surface area contributed by atoms with Crippen LogP contribution in [0.15, 0.2) is 30.3 Å². The summed E-state index contributed by atoms with van der Waals surface area (Å²) in [6, 6.07) is 10.5. The van der Waals surface area contributed by atoms with Crippen LogP contribution in [0.25, 0.3) is 5.69 Å². The number of piperidine rings is 1. The standard InChI is InChI=1S/C23H36N6S/c1-20(2)17-26-13-15-27(16-14-26)19-28-23(30)29(21-9-5-3-6-10-21)22(24-28)18-25-11-7-4-8-12-25/h3,5-6,9-10,20H,4,7-8,11-19H2,1-2H3. The second-order valence-electron chi connectivity index (χ2n) is 9.16. The highest BCUT2D eigenvalue weighted by Crippen LogP contribution is 2.17. The number of likely N-dealkylation sites (tertiary alicyclic amines) is 1. The minimum Gasteiger partial charge on any atom is -0.301 e. The maximum atomic E-state index is 5.92. The number of rotatable bonds is 7. The molecule has 1 aromatic carbocycles. The first kappa shape index (κ1) is 21.7. The minimum atomic E-state index is 0.726. The number of hydrogen-bond donors (Lipinski definition) is 0. The zero-order valence-electron chi connectivity index (χ0n) is 18.5. The van der Waals surface area contributed by atoms with E-state index in [1.165, 1.54) is 25.8 Å². The number of benzene rings is 1. The number of piperazine rings is 1. The lowest BCUT2D eigenvalue weighted by molar-refractivity contribution is 0.0947. The van der Waals surface area contributed by atoms with Crippen molar-refractivity contribution in [3.63, 3.8) is 0 Å². The Hall–Kier alpha value is -1.54. The summed E-state index contributed by atoms with van der Waals surface area (Å²) in [6.07, 6.45) is 3.92. The lowest BCUT2D eigenvalue weighted by atomic mass is 10.1. The Morgan fingerprint density at radius 3 is 2.20 bits per heavy atom. The van der Waals surface area contributed by atoms with Gasteiger partial charge in [-0.25, -0.2) is 4.68 Å². The molecule has 2 aliphatic heterocycles. The highest BCUT2D eigenvalue weighted by molar-refractivity contribution is 7.71. The van der Waals surface area contributed by atoms with E-state index >= 15 is 0 Å². The second-order valence-corrected chi connectivity index (χ2v) is 9.53. The first-order valence-corrected chi connectivity index (χ1v) is 11.9. The van der Waals surface area contributed by atoms with Crippen LogP contribution < -0.4 is 0 Å². The van der Waals surface area contributed by atoms with Gasteiger partial charge in [-0.05, 0) is 56.2 Å². The minimum absolute atomic E-state index is 0.726. The third-order valence-electron chi connectivity index (χ3n) is 6.16. The van der Waals surface area contributed by atoms with Gasteiger partial charge in [0.2, 0.25) is 4.77 Å². The maximum Gasteiger partial charge on any atom is 0.203 e. The van der Waals surface area contributed by atoms with Crippen LogP contribution in [0.4, 0.5) is 0 Å². The molecule has 3 heterocycles. The van der Waals surface area contributed by atoms with Gasteiger partial charge in [0.05, 0.1) is 13.2 Å². The Balaban J connectivity index is 1.51. The first-order valence-electron chi connectivity index (χ1n) is 11.5. The van der Waals surface area contributed by atoms with E-state index in [-0.39, 0.29) is 0 Å². The second kappa shape index (κ2) is 10.2. The van der Waals surface area contributed by atoms with Gasteiger partial charge < -0.3 is 4.90 Å². The number of hydrogen-bond acceptors (Lipinski definition) is 5. The van der Waals surface area contributed by atoms with E-state index in [2.05, 4.69) is 63.4 Å². The van der Waals surface area contributed by atoms with Gasteiger partial charge in [-0.1, -0.05) is 38.5 Å². The number of aromatic nitrogens is 3. The molecular formula is C23H36N6S. The average molecular weight is 429 g/mol. The molecule has 0 amide bonds. The predicted octanol–water partition coefficient (Wildman–Crippen LogP) is 3.62. The van der Waals surface area contributed by atoms with Crippen molar-refractivity contribution in [2.75, 3.05) is 45.8 Å². The fourth-order valence-electron chi connectivity index (χ4n) is 4.62. The Labute approximate surface area is 186 Å². The lowest BCUT2D eigenvalue weighted by Crippen LogP contribution is -2.47. The quantitative estimate of drug-likeness (QED) is 0.629. The van der Waals surface area contributed by atoms with Gasteiger partial charge in [-0.2, -0.15) is 5.10 Å². The van der Waals surface area contributed by atoms with Crippen molar-refractivity contribution in [2.45, 2.75) is 46.3 Å². The Morgan fingerprint density at radius 2 is 1.53 bits per heavy atom. The molecule has 2 fully saturated rings. The van der Waals surface area contributed by atoms with Gasteiger partial charge >= 0.3 is 0 Å². The fourth-order valence-corrected chi connectivity index (χ4v) is 4.93. The largest absolute Gasteiger partial charge is 0.301 e. The molecule has 0 bridgehead atoms. The first-order chi connectivity index (χ1) is 14.6. The van der Waals surface area contributed by atoms with Crippen LogP contribution in [-0.4, -0.2) is 74.9 Å². The van der Waals surface area contributed by atoms with Crippen LogP contribution in [-0.2, 0) is 13.2 Å². The van der Waals surface area contributed by atoms with Crippen LogP contribution in [0, 0.1) is 10.7 Å². The molecule has 7 heteroatoms. The molecule has 0 radical (unpaired) electrons. The van der Waals surface area contributed by atoms with Gasteiger partial charge in [-0.15, -0.1) is 0 Å². The van der Waals surface area contributed by atoms with Gasteiger partial charge in [0.1, 0.15) is 0 Å². The SMILES string of the molecule is CC(C)CN1CCN(Cn2nc(CN3CCCCC3)n(-c3ccccc3)c2=S)CC1. The highest BCUT2D eigenvalue weighted by atomic mass is 32.1. The Kier molecular flexibility index (Phi) is 7.36. The van der Waals surface area contributed by atoms with E-state index in [1.807, 2.05) is 4.68 Å². The van der Waals surface area contributed by atoms with Crippen molar-refractivity contribution in [2.24, 2.45) is 5.92 Å². The lowest BCUT2D eigenvalue weighted by Gasteiger charge is -2.35. The average Bonchev–Trinajstić information content (AvgIpc) is 3.05. The van der Waals surface area contributed by atoms with Crippen molar-refractivity contribution in [1.29, 1.82) is 0 Å². The fraction of sp³-hybridized carbons (Fsp3) is 0.652. The van der Waals surface area contributed by atoms with Crippen LogP contribution in [0.5, 0.6) is 0 Å². The molecule has 2 saturated heterocycles. The monoisotopic (exact) mass is 428 g/mol. The van der Waals surface area contributed by atoms with E-state index in [4.69, 9.17) is 17.3 Å². The molecule has 0 atom stereocenters. The van der Waals surface area contributed by atoms with Gasteiger partial charge in [0.15, 0.2) is 5.82 Å². The molecule has 0 aliphatic carbocycles. The molecule has 164 valence electrons. The molecule has 4 rings (SSSR count). The van der Waals surface area contributed by atoms with Crippen molar-refractivity contribution < 1.29 is 0 Å². The van der Waals surface area contributed by atoms with E-state index < -0.39 is 0 Å². The Bertz CT molecular complexity index is 844. The van der Waals surface area contributed by atoms with Crippen LogP contribution in [0.2, 0.25) is 0 Å². The zero-order chi connectivity index (χ0) is 20.9. The van der Waals surface area contributed by atoms with Crippen molar-refractivity contribution in [1.82, 2.24) is 29.0 Å².